The molecule has 0 aliphatic rings. The molecule has 0 heterocycles. The number of rotatable bonds is 10. The van der Waals surface area contributed by atoms with Gasteiger partial charge in [-0.15, -0.1) is 0 Å². The van der Waals surface area contributed by atoms with Crippen molar-refractivity contribution in [3.8, 4) is 94.8 Å². The van der Waals surface area contributed by atoms with Gasteiger partial charge in [-0.3, -0.25) is 0 Å². The average Bonchev–Trinajstić information content (AvgIpc) is 0.729. The standard InChI is InChI=1S/C38H29Cl.C34H21Cl.C26H20BrCl.C12H10BO2.Al.3ClH/c1-38(2,3)30-21-28-15-19-32-34(26-11-9-25(10-12-26)24-7-5-4-6-8-24)23-35(27-13-17-31(39)18-14-27)33-20-16-29(22-30)36(28)37(32)33;35-28-17-13-25(14-18-28)32-21-31(24-11-9-23(10-12-24)22-5-2-1-3-6-22)29-19-15-26-7-4-8-27-16-20-30(32)34(29)33(26)27;1-26(2,3)18-12-16-6-10-20-22(15-4-8-19(28)9-5-15)14-23(27)21-11-7-17(13-18)24(16)25(20)21;14-13-15-12-8-6-11(7-9-12)10-4-2-1-3-5-10;;;;/h4-23H,1-3H3;1-21H;4-14H,1-3H3;1-9,14H;;3*1H/q;;;;+3;;;/p-3. The minimum Gasteiger partial charge on any atom is -0.537 e. The maximum Gasteiger partial charge on any atom is 0.643 e. The van der Waals surface area contributed by atoms with Crippen LogP contribution in [0.15, 0.2) is 375 Å². The molecule has 1 N–H and O–H groups in total. The van der Waals surface area contributed by atoms with Gasteiger partial charge in [0.15, 0.2) is 0 Å². The van der Waals surface area contributed by atoms with Gasteiger partial charge in [0.1, 0.15) is 5.75 Å². The van der Waals surface area contributed by atoms with Crippen LogP contribution in [0.4, 0.5) is 0 Å². The van der Waals surface area contributed by atoms with E-state index >= 15 is 0 Å². The number of benzene rings is 21. The van der Waals surface area contributed by atoms with Crippen LogP contribution < -0.4 is 4.65 Å². The highest BCUT2D eigenvalue weighted by Crippen LogP contribution is 2.49. The molecule has 0 aliphatic heterocycles. The van der Waals surface area contributed by atoms with Gasteiger partial charge in [0.25, 0.3) is 0 Å². The van der Waals surface area contributed by atoms with Gasteiger partial charge in [-0.1, -0.05) is 396 Å². The molecule has 0 atom stereocenters. The summed E-state index contributed by atoms with van der Waals surface area (Å²) in [6.07, 6.45) is 0. The van der Waals surface area contributed by atoms with Crippen LogP contribution in [0.2, 0.25) is 15.1 Å². The smallest absolute Gasteiger partial charge is 0.537 e. The Bertz CT molecular complexity index is 7190. The van der Waals surface area contributed by atoms with E-state index in [4.69, 9.17) is 74.6 Å². The molecular weight excluding hydrogens is 1680 g/mol. The van der Waals surface area contributed by atoms with E-state index in [2.05, 4.69) is 337 Å². The zero-order chi connectivity index (χ0) is 83.8. The number of hydrogen-bond donors (Lipinski definition) is 1. The van der Waals surface area contributed by atoms with Crippen molar-refractivity contribution in [2.75, 3.05) is 0 Å². The molecule has 0 amide bonds. The first-order valence-electron chi connectivity index (χ1n) is 40.3. The Morgan fingerprint density at radius 2 is 0.496 bits per heavy atom. The summed E-state index contributed by atoms with van der Waals surface area (Å²) in [4.78, 5) is 0. The van der Waals surface area contributed by atoms with E-state index in [1.54, 1.807) is 0 Å². The van der Waals surface area contributed by atoms with Crippen molar-refractivity contribution in [2.45, 2.75) is 52.4 Å². The molecule has 0 bridgehead atoms. The minimum absolute atomic E-state index is 0.0879. The summed E-state index contributed by atoms with van der Waals surface area (Å²) in [6, 6.07) is 132. The lowest BCUT2D eigenvalue weighted by molar-refractivity contribution is 0.454. The van der Waals surface area contributed by atoms with E-state index in [0.717, 1.165) is 30.7 Å². The molecule has 121 heavy (non-hydrogen) atoms. The Kier molecular flexibility index (Phi) is 24.2. The molecule has 1 radical (unpaired) electrons. The lowest BCUT2D eigenvalue weighted by atomic mass is 9.81. The van der Waals surface area contributed by atoms with Crippen molar-refractivity contribution in [3.05, 3.63) is 401 Å². The van der Waals surface area contributed by atoms with Gasteiger partial charge < -0.3 is 9.68 Å². The molecule has 21 aromatic carbocycles. The van der Waals surface area contributed by atoms with Crippen molar-refractivity contribution in [2.24, 2.45) is 0 Å². The van der Waals surface area contributed by atoms with Crippen LogP contribution in [-0.2, 0) is 10.8 Å². The quantitative estimate of drug-likeness (QED) is 0.109. The molecule has 0 unspecified atom stereocenters. The molecule has 21 aromatic rings. The van der Waals surface area contributed by atoms with Gasteiger partial charge in [0, 0.05) is 19.5 Å². The fraction of sp³-hybridized carbons (Fsp3) is 0.0727. The van der Waals surface area contributed by atoms with Crippen LogP contribution in [0.25, 0.3) is 186 Å². The van der Waals surface area contributed by atoms with Gasteiger partial charge in [-0.25, -0.2) is 30.1 Å². The van der Waals surface area contributed by atoms with Crippen LogP contribution in [0.1, 0.15) is 52.7 Å². The molecule has 0 aromatic heterocycles. The maximum atomic E-state index is 8.46. The predicted octanol–water partition coefficient (Wildman–Crippen LogP) is 34.7. The molecule has 0 fully saturated rings. The molecule has 21 rings (SSSR count). The highest BCUT2D eigenvalue weighted by molar-refractivity contribution is 9.10. The molecule has 2 nitrogen and oxygen atoms in total. The van der Waals surface area contributed by atoms with E-state index in [0.29, 0.717) is 13.4 Å². The van der Waals surface area contributed by atoms with Gasteiger partial charge in [-0.2, -0.15) is 0 Å². The third-order valence-electron chi connectivity index (χ3n) is 23.0. The topological polar surface area (TPSA) is 29.5 Å². The molecule has 0 spiro atoms. The fourth-order valence-electron chi connectivity index (χ4n) is 16.9. The van der Waals surface area contributed by atoms with Crippen molar-refractivity contribution >= 4 is 197 Å². The third kappa shape index (κ3) is 17.5. The summed E-state index contributed by atoms with van der Waals surface area (Å²) in [5.74, 6) is 0.622. The zero-order valence-corrected chi connectivity index (χ0v) is 74.7. The van der Waals surface area contributed by atoms with Gasteiger partial charge >= 0.3 is 19.1 Å². The first-order chi connectivity index (χ1) is 58.6. The third-order valence-corrected chi connectivity index (χ3v) is 24.4. The average molecular weight is 1760 g/mol. The van der Waals surface area contributed by atoms with Crippen molar-refractivity contribution < 1.29 is 9.68 Å². The Morgan fingerprint density at radius 3 is 0.793 bits per heavy atom. The molecule has 0 saturated carbocycles. The zero-order valence-electron chi connectivity index (χ0n) is 67.4. The molecule has 11 heteroatoms. The molecule has 587 valence electrons. The van der Waals surface area contributed by atoms with E-state index in [1.807, 2.05) is 91.0 Å². The summed E-state index contributed by atoms with van der Waals surface area (Å²) >= 11 is 20.7. The summed E-state index contributed by atoms with van der Waals surface area (Å²) in [6.45, 7) is 13.7. The van der Waals surface area contributed by atoms with Crippen LogP contribution in [0.3, 0.4) is 0 Å². The Morgan fingerprint density at radius 1 is 0.256 bits per heavy atom. The Hall–Kier alpha value is -10.7. The summed E-state index contributed by atoms with van der Waals surface area (Å²) in [5, 5.41) is 34.2. The van der Waals surface area contributed by atoms with E-state index in [1.165, 1.54) is 186 Å². The van der Waals surface area contributed by atoms with E-state index in [-0.39, 0.29) is 10.8 Å². The lowest BCUT2D eigenvalue weighted by Gasteiger charge is -2.23. The van der Waals surface area contributed by atoms with Gasteiger partial charge in [-0.05, 0) is 275 Å². The predicted molar refractivity (Wildman–Crippen MR) is 532 cm³/mol. The summed E-state index contributed by atoms with van der Waals surface area (Å²) < 4.78 is 5.95. The summed E-state index contributed by atoms with van der Waals surface area (Å²) in [5.41, 5.74) is 22.3. The van der Waals surface area contributed by atoms with Crippen LogP contribution in [0, 0.1) is 0 Å². The Labute approximate surface area is 747 Å². The lowest BCUT2D eigenvalue weighted by Crippen LogP contribution is -2.10. The Balaban J connectivity index is 0.000000118. The van der Waals surface area contributed by atoms with Crippen LogP contribution >= 0.6 is 80.9 Å². The van der Waals surface area contributed by atoms with E-state index < -0.39 is 11.4 Å². The largest absolute Gasteiger partial charge is 0.643 e. The molecular formula is C110H80AlBBrCl6O2. The normalized spacial score (nSPS) is 11.6. The van der Waals surface area contributed by atoms with Crippen LogP contribution in [0.5, 0.6) is 5.75 Å². The van der Waals surface area contributed by atoms with Crippen molar-refractivity contribution in [1.29, 1.82) is 0 Å². The van der Waals surface area contributed by atoms with Gasteiger partial charge in [0.2, 0.25) is 0 Å². The van der Waals surface area contributed by atoms with E-state index in [9.17, 15) is 0 Å². The highest BCUT2D eigenvalue weighted by atomic mass is 79.9. The first-order valence-corrected chi connectivity index (χ1v) is 47.4. The molecule has 0 saturated heterocycles. The second kappa shape index (κ2) is 35.4. The first kappa shape index (κ1) is 82.6. The number of hydrogen-bond acceptors (Lipinski definition) is 2. The second-order valence-electron chi connectivity index (χ2n) is 32.6. The SMILES string of the molecule is CC(C)(C)c1cc2ccc3c(-c4ccc(Cl)cc4)cc(-c4ccc(-c5ccccc5)cc4)c4ccc(c1)c2c34.CC(C)(C)c1cc2ccc3c(Br)cc(-c4ccc(Cl)cc4)c4ccc(c1)c2c34.Clc1ccc(-c2cc(-c3ccc(-c4ccccc4)cc3)c3ccc4cccc5ccc2c3c54)cc1.O[B]Oc1ccc(-c2ccccc2)cc1.[Cl][Al]([Cl])[Cl]. The van der Waals surface area contributed by atoms with Crippen LogP contribution in [-0.4, -0.2) is 24.1 Å². The van der Waals surface area contributed by atoms with Crippen molar-refractivity contribution in [1.82, 2.24) is 0 Å². The fourth-order valence-corrected chi connectivity index (χ4v) is 17.9. The van der Waals surface area contributed by atoms with Gasteiger partial charge in [0.05, 0.1) is 0 Å². The number of halogens is 7. The minimum atomic E-state index is -1.72. The monoisotopic (exact) mass is 1760 g/mol. The van der Waals surface area contributed by atoms with Crippen molar-refractivity contribution in [3.63, 3.8) is 0 Å². The highest BCUT2D eigenvalue weighted by Gasteiger charge is 2.24. The second-order valence-corrected chi connectivity index (χ2v) is 41.2. The summed E-state index contributed by atoms with van der Waals surface area (Å²) in [7, 11) is 15.5. The molecule has 0 aliphatic carbocycles. The maximum absolute atomic E-state index is 8.46.